The van der Waals surface area contributed by atoms with Gasteiger partial charge >= 0.3 is 0 Å². The average Bonchev–Trinajstić information content (AvgIpc) is 2.36. The Bertz CT molecular complexity index is 284. The number of nitrogens with zero attached hydrogens (tertiary/aromatic N) is 2. The molecular weight excluding hydrogens is 230 g/mol. The molecule has 104 valence electrons. The Morgan fingerprint density at radius 3 is 2.28 bits per heavy atom. The Labute approximate surface area is 110 Å². The standard InChI is InChI=1S/C13H25N3O2/c1-4-5-14-12(17)10-15-6-8-16(9-7-15)13(18)11(2)3/h11H,4-10H2,1-3H3,(H,14,17). The van der Waals surface area contributed by atoms with Crippen molar-refractivity contribution in [3.8, 4) is 0 Å². The molecule has 0 atom stereocenters. The van der Waals surface area contributed by atoms with E-state index >= 15 is 0 Å². The van der Waals surface area contributed by atoms with E-state index in [2.05, 4.69) is 10.2 Å². The molecular formula is C13H25N3O2. The first-order valence-corrected chi connectivity index (χ1v) is 6.82. The molecule has 0 unspecified atom stereocenters. The molecule has 0 aromatic rings. The normalized spacial score (nSPS) is 17.0. The molecule has 0 spiro atoms. The van der Waals surface area contributed by atoms with Crippen LogP contribution in [0.1, 0.15) is 27.2 Å². The van der Waals surface area contributed by atoms with Crippen LogP contribution < -0.4 is 5.32 Å². The van der Waals surface area contributed by atoms with Crippen molar-refractivity contribution in [2.24, 2.45) is 5.92 Å². The molecule has 5 nitrogen and oxygen atoms in total. The molecule has 0 aliphatic carbocycles. The summed E-state index contributed by atoms with van der Waals surface area (Å²) in [5.41, 5.74) is 0. The van der Waals surface area contributed by atoms with Crippen molar-refractivity contribution in [2.75, 3.05) is 39.3 Å². The third-order valence-electron chi connectivity index (χ3n) is 3.12. The number of hydrogen-bond acceptors (Lipinski definition) is 3. The number of amides is 2. The van der Waals surface area contributed by atoms with Crippen molar-refractivity contribution in [1.29, 1.82) is 0 Å². The quantitative estimate of drug-likeness (QED) is 0.769. The number of rotatable bonds is 5. The third-order valence-corrected chi connectivity index (χ3v) is 3.12. The zero-order valence-corrected chi connectivity index (χ0v) is 11.7. The summed E-state index contributed by atoms with van der Waals surface area (Å²) >= 11 is 0. The molecule has 18 heavy (non-hydrogen) atoms. The van der Waals surface area contributed by atoms with Crippen molar-refractivity contribution >= 4 is 11.8 Å². The number of piperazine rings is 1. The van der Waals surface area contributed by atoms with E-state index in [-0.39, 0.29) is 17.7 Å². The van der Waals surface area contributed by atoms with Crippen LogP contribution in [0.25, 0.3) is 0 Å². The van der Waals surface area contributed by atoms with Crippen molar-refractivity contribution in [3.63, 3.8) is 0 Å². The zero-order chi connectivity index (χ0) is 13.5. The Balaban J connectivity index is 2.27. The molecule has 2 amide bonds. The molecule has 1 N–H and O–H groups in total. The fourth-order valence-corrected chi connectivity index (χ4v) is 2.01. The number of nitrogens with one attached hydrogen (secondary N) is 1. The fraction of sp³-hybridized carbons (Fsp3) is 0.846. The van der Waals surface area contributed by atoms with Gasteiger partial charge in [0.1, 0.15) is 0 Å². The van der Waals surface area contributed by atoms with Gasteiger partial charge in [0.2, 0.25) is 11.8 Å². The third kappa shape index (κ3) is 4.64. The monoisotopic (exact) mass is 255 g/mol. The lowest BCUT2D eigenvalue weighted by atomic mass is 10.1. The van der Waals surface area contributed by atoms with E-state index < -0.39 is 0 Å². The van der Waals surface area contributed by atoms with Crippen LogP contribution in [0.3, 0.4) is 0 Å². The minimum absolute atomic E-state index is 0.0596. The second-order valence-electron chi connectivity index (χ2n) is 5.11. The van der Waals surface area contributed by atoms with Crippen LogP contribution in [-0.2, 0) is 9.59 Å². The predicted octanol–water partition coefficient (Wildman–Crippen LogP) is 0.313. The minimum Gasteiger partial charge on any atom is -0.355 e. The maximum absolute atomic E-state index is 11.8. The van der Waals surface area contributed by atoms with Gasteiger partial charge in [-0.15, -0.1) is 0 Å². The van der Waals surface area contributed by atoms with Crippen LogP contribution in [0.4, 0.5) is 0 Å². The van der Waals surface area contributed by atoms with Crippen LogP contribution in [0.15, 0.2) is 0 Å². The first-order valence-electron chi connectivity index (χ1n) is 6.82. The lowest BCUT2D eigenvalue weighted by Crippen LogP contribution is -2.52. The summed E-state index contributed by atoms with van der Waals surface area (Å²) in [7, 11) is 0. The maximum atomic E-state index is 11.8. The van der Waals surface area contributed by atoms with Crippen molar-refractivity contribution in [3.05, 3.63) is 0 Å². The van der Waals surface area contributed by atoms with Crippen LogP contribution >= 0.6 is 0 Å². The summed E-state index contributed by atoms with van der Waals surface area (Å²) in [6, 6.07) is 0. The fourth-order valence-electron chi connectivity index (χ4n) is 2.01. The van der Waals surface area contributed by atoms with Crippen molar-refractivity contribution in [1.82, 2.24) is 15.1 Å². The van der Waals surface area contributed by atoms with Crippen LogP contribution in [-0.4, -0.2) is 60.9 Å². The Morgan fingerprint density at radius 1 is 1.17 bits per heavy atom. The van der Waals surface area contributed by atoms with Gasteiger partial charge in [0, 0.05) is 38.6 Å². The summed E-state index contributed by atoms with van der Waals surface area (Å²) < 4.78 is 0. The second kappa shape index (κ2) is 7.36. The molecule has 0 aromatic carbocycles. The molecule has 5 heteroatoms. The molecule has 0 saturated carbocycles. The summed E-state index contributed by atoms with van der Waals surface area (Å²) in [6.45, 7) is 10.1. The van der Waals surface area contributed by atoms with Crippen LogP contribution in [0, 0.1) is 5.92 Å². The number of carbonyl (C=O) groups is 2. The second-order valence-corrected chi connectivity index (χ2v) is 5.11. The highest BCUT2D eigenvalue weighted by Crippen LogP contribution is 2.06. The molecule has 0 aromatic heterocycles. The maximum Gasteiger partial charge on any atom is 0.234 e. The van der Waals surface area contributed by atoms with E-state index in [9.17, 15) is 9.59 Å². The van der Waals surface area contributed by atoms with E-state index in [0.29, 0.717) is 6.54 Å². The van der Waals surface area contributed by atoms with Gasteiger partial charge in [-0.1, -0.05) is 20.8 Å². The largest absolute Gasteiger partial charge is 0.355 e. The Kier molecular flexibility index (Phi) is 6.12. The van der Waals surface area contributed by atoms with Gasteiger partial charge in [-0.2, -0.15) is 0 Å². The van der Waals surface area contributed by atoms with Gasteiger partial charge < -0.3 is 10.2 Å². The predicted molar refractivity (Wildman–Crippen MR) is 71.2 cm³/mol. The van der Waals surface area contributed by atoms with E-state index in [1.807, 2.05) is 25.7 Å². The van der Waals surface area contributed by atoms with Crippen molar-refractivity contribution in [2.45, 2.75) is 27.2 Å². The highest BCUT2D eigenvalue weighted by atomic mass is 16.2. The highest BCUT2D eigenvalue weighted by Gasteiger charge is 2.23. The first-order chi connectivity index (χ1) is 8.54. The summed E-state index contributed by atoms with van der Waals surface area (Å²) in [4.78, 5) is 27.4. The number of hydrogen-bond donors (Lipinski definition) is 1. The molecule has 1 saturated heterocycles. The van der Waals surface area contributed by atoms with Gasteiger partial charge in [0.05, 0.1) is 6.54 Å². The van der Waals surface area contributed by atoms with Crippen LogP contribution in [0.5, 0.6) is 0 Å². The molecule has 0 radical (unpaired) electrons. The Morgan fingerprint density at radius 2 is 1.78 bits per heavy atom. The number of carbonyl (C=O) groups excluding carboxylic acids is 2. The van der Waals surface area contributed by atoms with Gasteiger partial charge in [0.15, 0.2) is 0 Å². The zero-order valence-electron chi connectivity index (χ0n) is 11.7. The molecule has 1 fully saturated rings. The lowest BCUT2D eigenvalue weighted by Gasteiger charge is -2.35. The SMILES string of the molecule is CCCNC(=O)CN1CCN(C(=O)C(C)C)CC1. The average molecular weight is 255 g/mol. The molecule has 1 heterocycles. The smallest absolute Gasteiger partial charge is 0.234 e. The van der Waals surface area contributed by atoms with Crippen molar-refractivity contribution < 1.29 is 9.59 Å². The first kappa shape index (κ1) is 15.0. The van der Waals surface area contributed by atoms with Gasteiger partial charge in [-0.3, -0.25) is 14.5 Å². The van der Waals surface area contributed by atoms with E-state index in [1.54, 1.807) is 0 Å². The summed E-state index contributed by atoms with van der Waals surface area (Å²) in [6.07, 6.45) is 0.961. The molecule has 0 bridgehead atoms. The van der Waals surface area contributed by atoms with E-state index in [4.69, 9.17) is 0 Å². The summed E-state index contributed by atoms with van der Waals surface area (Å²) in [5.74, 6) is 0.356. The Hall–Kier alpha value is -1.10. The molecule has 1 aliphatic rings. The van der Waals surface area contributed by atoms with E-state index in [1.165, 1.54) is 0 Å². The summed E-state index contributed by atoms with van der Waals surface area (Å²) in [5, 5.41) is 2.87. The molecule has 1 rings (SSSR count). The minimum atomic E-state index is 0.0596. The van der Waals surface area contributed by atoms with Crippen LogP contribution in [0.2, 0.25) is 0 Å². The van der Waals surface area contributed by atoms with Gasteiger partial charge in [-0.25, -0.2) is 0 Å². The highest BCUT2D eigenvalue weighted by molar-refractivity contribution is 5.79. The topological polar surface area (TPSA) is 52.7 Å². The lowest BCUT2D eigenvalue weighted by molar-refractivity contribution is -0.136. The van der Waals surface area contributed by atoms with E-state index in [0.717, 1.165) is 39.1 Å². The van der Waals surface area contributed by atoms with Gasteiger partial charge in [-0.05, 0) is 6.42 Å². The molecule has 1 aliphatic heterocycles. The van der Waals surface area contributed by atoms with Gasteiger partial charge in [0.25, 0.3) is 0 Å².